The predicted molar refractivity (Wildman–Crippen MR) is 186 cm³/mol. The number of nitrogens with one attached hydrogen (secondary N) is 1. The molecule has 2 nitrogen and oxygen atoms in total. The van der Waals surface area contributed by atoms with E-state index in [0.717, 1.165) is 5.16 Å². The molecule has 0 atom stereocenters. The number of nitrogens with zero attached hydrogens (tertiary/aromatic N) is 1. The SMILES string of the molecule is CC[Si](CC)(CC)C(CCNCCCCN([Si](CC)(CC)CC)[Si](CC)(CC)CC)[Si](CC)(CC)CC. The zero-order valence-electron chi connectivity index (χ0n) is 28.3. The fraction of sp³-hybridized carbons (Fsp3) is 1.00. The summed E-state index contributed by atoms with van der Waals surface area (Å²) in [5.41, 5.74) is 0. The Morgan fingerprint density at radius 3 is 1.11 bits per heavy atom. The van der Waals surface area contributed by atoms with E-state index in [0.29, 0.717) is 0 Å². The molecule has 0 radical (unpaired) electrons. The minimum atomic E-state index is -1.32. The number of rotatable bonds is 24. The van der Waals surface area contributed by atoms with Gasteiger partial charge >= 0.3 is 0 Å². The van der Waals surface area contributed by atoms with E-state index < -0.39 is 32.6 Å². The highest BCUT2D eigenvalue weighted by Gasteiger charge is 2.48. The fourth-order valence-electron chi connectivity index (χ4n) is 8.75. The van der Waals surface area contributed by atoms with Crippen molar-refractivity contribution in [3.05, 3.63) is 0 Å². The second kappa shape index (κ2) is 19.0. The van der Waals surface area contributed by atoms with Crippen LogP contribution in [0.3, 0.4) is 0 Å². The first-order valence-electron chi connectivity index (χ1n) is 17.2. The number of hydrogen-bond acceptors (Lipinski definition) is 2. The van der Waals surface area contributed by atoms with Crippen LogP contribution in [0.4, 0.5) is 0 Å². The molecule has 0 aliphatic heterocycles. The van der Waals surface area contributed by atoms with Crippen molar-refractivity contribution >= 4 is 32.6 Å². The van der Waals surface area contributed by atoms with Crippen LogP contribution in [0, 0.1) is 0 Å². The van der Waals surface area contributed by atoms with Gasteiger partial charge in [-0.2, -0.15) is 0 Å². The molecular formula is C31H74N2Si4. The van der Waals surface area contributed by atoms with E-state index in [1.54, 1.807) is 0 Å². The minimum absolute atomic E-state index is 1.11. The minimum Gasteiger partial charge on any atom is -0.345 e. The molecule has 224 valence electrons. The standard InChI is InChI=1S/C31H74N2Si4/c1-13-34(14-2,15-3)31(35(16-4,17-5)18-6)27-29-32-28-25-26-30-33(36(19-7,20-8)21-9)37(22-10,23-11)24-12/h31-32H,13-30H2,1-12H3. The summed E-state index contributed by atoms with van der Waals surface area (Å²) >= 11 is 0. The van der Waals surface area contributed by atoms with Crippen molar-refractivity contribution in [3.63, 3.8) is 0 Å². The van der Waals surface area contributed by atoms with Gasteiger partial charge in [0.2, 0.25) is 0 Å². The highest BCUT2D eigenvalue weighted by molar-refractivity contribution is 6.99. The molecule has 37 heavy (non-hydrogen) atoms. The molecule has 0 aliphatic rings. The van der Waals surface area contributed by atoms with Crippen molar-refractivity contribution in [2.45, 2.75) is 180 Å². The molecule has 0 aromatic rings. The molecule has 0 rings (SSSR count). The Morgan fingerprint density at radius 2 is 0.811 bits per heavy atom. The normalized spacial score (nSPS) is 13.8. The summed E-state index contributed by atoms with van der Waals surface area (Å²) < 4.78 is 3.28. The summed E-state index contributed by atoms with van der Waals surface area (Å²) in [5.74, 6) is 0. The topological polar surface area (TPSA) is 15.3 Å². The van der Waals surface area contributed by atoms with Crippen LogP contribution in [0.15, 0.2) is 0 Å². The molecule has 0 saturated heterocycles. The summed E-state index contributed by atoms with van der Waals surface area (Å²) in [4.78, 5) is 0. The Morgan fingerprint density at radius 1 is 0.459 bits per heavy atom. The van der Waals surface area contributed by atoms with Gasteiger partial charge in [-0.25, -0.2) is 0 Å². The molecule has 0 unspecified atom stereocenters. The van der Waals surface area contributed by atoms with Gasteiger partial charge in [-0.15, -0.1) is 0 Å². The molecular weight excluding hydrogens is 513 g/mol. The monoisotopic (exact) mass is 586 g/mol. The van der Waals surface area contributed by atoms with Crippen LogP contribution in [0.5, 0.6) is 0 Å². The zero-order chi connectivity index (χ0) is 28.6. The van der Waals surface area contributed by atoms with Gasteiger partial charge in [0, 0.05) is 0 Å². The molecule has 1 N–H and O–H groups in total. The Labute approximate surface area is 241 Å². The average molecular weight is 587 g/mol. The lowest BCUT2D eigenvalue weighted by atomic mass is 10.3. The third kappa shape index (κ3) is 8.88. The van der Waals surface area contributed by atoms with Crippen LogP contribution in [-0.2, 0) is 0 Å². The van der Waals surface area contributed by atoms with Gasteiger partial charge in [0.25, 0.3) is 0 Å². The van der Waals surface area contributed by atoms with Gasteiger partial charge in [-0.3, -0.25) is 0 Å². The average Bonchev–Trinajstić information content (AvgIpc) is 2.96. The van der Waals surface area contributed by atoms with Crippen molar-refractivity contribution in [1.29, 1.82) is 0 Å². The Hall–Kier alpha value is 0.788. The lowest BCUT2D eigenvalue weighted by Gasteiger charge is -2.52. The Kier molecular flexibility index (Phi) is 19.4. The van der Waals surface area contributed by atoms with E-state index in [-0.39, 0.29) is 0 Å². The Bertz CT molecular complexity index is 434. The first-order valence-corrected chi connectivity index (χ1v) is 27.7. The summed E-state index contributed by atoms with van der Waals surface area (Å²) in [7, 11) is -5.00. The lowest BCUT2D eigenvalue weighted by Crippen LogP contribution is -2.66. The van der Waals surface area contributed by atoms with Crippen LogP contribution < -0.4 is 5.32 Å². The molecule has 0 aromatic heterocycles. The molecule has 6 heteroatoms. The molecule has 0 fully saturated rings. The van der Waals surface area contributed by atoms with E-state index in [4.69, 9.17) is 0 Å². The third-order valence-corrected chi connectivity index (χ3v) is 41.5. The molecule has 0 spiro atoms. The van der Waals surface area contributed by atoms with Gasteiger partial charge < -0.3 is 9.55 Å². The first kappa shape index (κ1) is 37.8. The fourth-order valence-corrected chi connectivity index (χ4v) is 38.5. The van der Waals surface area contributed by atoms with Crippen molar-refractivity contribution in [2.24, 2.45) is 0 Å². The quantitative estimate of drug-likeness (QED) is 0.0893. The second-order valence-electron chi connectivity index (χ2n) is 12.4. The number of unbranched alkanes of at least 4 members (excludes halogenated alkanes) is 1. The second-order valence-corrected chi connectivity index (χ2v) is 34.7. The maximum absolute atomic E-state index is 3.99. The molecule has 0 aliphatic carbocycles. The number of hydrogen-bond donors (Lipinski definition) is 1. The first-order chi connectivity index (χ1) is 17.7. The zero-order valence-corrected chi connectivity index (χ0v) is 32.3. The van der Waals surface area contributed by atoms with E-state index in [1.165, 1.54) is 111 Å². The maximum atomic E-state index is 3.99. The van der Waals surface area contributed by atoms with Gasteiger partial charge in [-0.05, 0) is 80.3 Å². The van der Waals surface area contributed by atoms with E-state index >= 15 is 0 Å². The van der Waals surface area contributed by atoms with Gasteiger partial charge in [0.1, 0.15) is 16.5 Å². The lowest BCUT2D eigenvalue weighted by molar-refractivity contribution is 0.519. The third-order valence-electron chi connectivity index (χ3n) is 12.4. The smallest absolute Gasteiger partial charge is 0.120 e. The molecule has 0 aromatic carbocycles. The molecule has 0 bridgehead atoms. The van der Waals surface area contributed by atoms with Crippen molar-refractivity contribution in [2.75, 3.05) is 19.6 Å². The van der Waals surface area contributed by atoms with Gasteiger partial charge in [-0.1, -0.05) is 119 Å². The van der Waals surface area contributed by atoms with Crippen LogP contribution >= 0.6 is 0 Å². The molecule has 0 saturated carbocycles. The predicted octanol–water partition coefficient (Wildman–Crippen LogP) is 11.0. The van der Waals surface area contributed by atoms with Gasteiger partial charge in [0.05, 0.1) is 16.1 Å². The van der Waals surface area contributed by atoms with E-state index in [9.17, 15) is 0 Å². The summed E-state index contributed by atoms with van der Waals surface area (Å²) in [5, 5.41) is 5.10. The van der Waals surface area contributed by atoms with Crippen molar-refractivity contribution < 1.29 is 0 Å². The highest BCUT2D eigenvalue weighted by Crippen LogP contribution is 2.47. The maximum Gasteiger partial charge on any atom is 0.120 e. The summed E-state index contributed by atoms with van der Waals surface area (Å²) in [6.45, 7) is 34.3. The molecule has 0 heterocycles. The molecule has 0 amide bonds. The summed E-state index contributed by atoms with van der Waals surface area (Å²) in [6, 6.07) is 17.7. The largest absolute Gasteiger partial charge is 0.345 e. The summed E-state index contributed by atoms with van der Waals surface area (Å²) in [6.07, 6.45) is 4.24. The van der Waals surface area contributed by atoms with Crippen LogP contribution in [0.1, 0.15) is 102 Å². The van der Waals surface area contributed by atoms with Crippen molar-refractivity contribution in [3.8, 4) is 0 Å². The Balaban J connectivity index is 5.31. The highest BCUT2D eigenvalue weighted by atomic mass is 28.4. The van der Waals surface area contributed by atoms with E-state index in [1.807, 2.05) is 0 Å². The van der Waals surface area contributed by atoms with Crippen LogP contribution in [0.2, 0.25) is 77.7 Å². The van der Waals surface area contributed by atoms with Crippen LogP contribution in [0.25, 0.3) is 0 Å². The van der Waals surface area contributed by atoms with Crippen LogP contribution in [-0.4, -0.2) is 56.5 Å². The van der Waals surface area contributed by atoms with E-state index in [2.05, 4.69) is 92.6 Å². The van der Waals surface area contributed by atoms with Crippen molar-refractivity contribution in [1.82, 2.24) is 9.55 Å². The van der Waals surface area contributed by atoms with Gasteiger partial charge in [0.15, 0.2) is 0 Å².